The summed E-state index contributed by atoms with van der Waals surface area (Å²) >= 11 is 1.45. The molecule has 32 heavy (non-hydrogen) atoms. The first-order valence-electron chi connectivity index (χ1n) is 11.3. The van der Waals surface area contributed by atoms with Crippen LogP contribution in [0.4, 0.5) is 0 Å². The lowest BCUT2D eigenvalue weighted by Crippen LogP contribution is -2.41. The highest BCUT2D eigenvalue weighted by Crippen LogP contribution is 2.31. The number of amides is 1. The SMILES string of the molecule is CCn1c(S[C@@H](C)C(=O)N2CCC(C)CC2)nc2cc(S(=O)(=O)N3CCOCC3)ccc21. The number of hydrogen-bond donors (Lipinski definition) is 0. The van der Waals surface area contributed by atoms with Crippen molar-refractivity contribution in [2.75, 3.05) is 39.4 Å². The van der Waals surface area contributed by atoms with E-state index in [1.54, 1.807) is 12.1 Å². The summed E-state index contributed by atoms with van der Waals surface area (Å²) in [5, 5.41) is 0.497. The molecule has 2 aliphatic heterocycles. The second-order valence-electron chi connectivity index (χ2n) is 8.57. The predicted molar refractivity (Wildman–Crippen MR) is 125 cm³/mol. The standard InChI is InChI=1S/C22H32N4O4S2/c1-4-26-20-6-5-18(32(28,29)25-11-13-30-14-12-25)15-19(20)23-22(26)31-17(3)21(27)24-9-7-16(2)8-10-24/h5-6,15-17H,4,7-14H2,1-3H3/t17-/m0/s1. The van der Waals surface area contributed by atoms with Gasteiger partial charge in [0.25, 0.3) is 0 Å². The highest BCUT2D eigenvalue weighted by atomic mass is 32.2. The van der Waals surface area contributed by atoms with Gasteiger partial charge in [-0.25, -0.2) is 13.4 Å². The third-order valence-corrected chi connectivity index (χ3v) is 9.31. The molecule has 1 atom stereocenters. The quantitative estimate of drug-likeness (QED) is 0.591. The molecule has 0 N–H and O–H groups in total. The molecule has 0 saturated carbocycles. The van der Waals surface area contributed by atoms with Crippen molar-refractivity contribution >= 4 is 38.7 Å². The number of hydrogen-bond acceptors (Lipinski definition) is 6. The minimum absolute atomic E-state index is 0.146. The lowest BCUT2D eigenvalue weighted by molar-refractivity contribution is -0.131. The van der Waals surface area contributed by atoms with Gasteiger partial charge in [0.1, 0.15) is 0 Å². The highest BCUT2D eigenvalue weighted by molar-refractivity contribution is 8.00. The largest absolute Gasteiger partial charge is 0.379 e. The highest BCUT2D eigenvalue weighted by Gasteiger charge is 2.29. The van der Waals surface area contributed by atoms with Gasteiger partial charge < -0.3 is 14.2 Å². The number of imidazole rings is 1. The van der Waals surface area contributed by atoms with Crippen LogP contribution < -0.4 is 0 Å². The molecule has 2 aliphatic rings. The molecule has 8 nitrogen and oxygen atoms in total. The number of carbonyl (C=O) groups is 1. The number of nitrogens with zero attached hydrogens (tertiary/aromatic N) is 4. The van der Waals surface area contributed by atoms with Crippen molar-refractivity contribution in [1.29, 1.82) is 0 Å². The maximum Gasteiger partial charge on any atom is 0.243 e. The number of piperidine rings is 1. The van der Waals surface area contributed by atoms with Gasteiger partial charge in [-0.15, -0.1) is 0 Å². The van der Waals surface area contributed by atoms with Crippen molar-refractivity contribution < 1.29 is 17.9 Å². The molecular weight excluding hydrogens is 448 g/mol. The topological polar surface area (TPSA) is 84.7 Å². The molecule has 0 spiro atoms. The Balaban J connectivity index is 1.56. The Morgan fingerprint density at radius 2 is 1.91 bits per heavy atom. The molecule has 1 aromatic carbocycles. The zero-order valence-electron chi connectivity index (χ0n) is 19.0. The summed E-state index contributed by atoms with van der Waals surface area (Å²) in [6.07, 6.45) is 2.11. The van der Waals surface area contributed by atoms with Crippen LogP contribution in [0.25, 0.3) is 11.0 Å². The molecule has 2 saturated heterocycles. The Morgan fingerprint density at radius 3 is 2.56 bits per heavy atom. The van der Waals surface area contributed by atoms with Crippen LogP contribution in [-0.2, 0) is 26.1 Å². The van der Waals surface area contributed by atoms with Gasteiger partial charge in [-0.3, -0.25) is 4.79 Å². The lowest BCUT2D eigenvalue weighted by Gasteiger charge is -2.32. The zero-order chi connectivity index (χ0) is 22.9. The number of thioether (sulfide) groups is 1. The van der Waals surface area contributed by atoms with E-state index < -0.39 is 10.0 Å². The monoisotopic (exact) mass is 480 g/mol. The van der Waals surface area contributed by atoms with E-state index in [1.807, 2.05) is 29.4 Å². The second-order valence-corrected chi connectivity index (χ2v) is 11.8. The third kappa shape index (κ3) is 4.69. The Labute approximate surface area is 194 Å². The van der Waals surface area contributed by atoms with Crippen LogP contribution in [0, 0.1) is 5.92 Å². The zero-order valence-corrected chi connectivity index (χ0v) is 20.6. The maximum atomic E-state index is 13.0. The number of morpholine rings is 1. The first kappa shape index (κ1) is 23.5. The Bertz CT molecular complexity index is 1070. The first-order valence-corrected chi connectivity index (χ1v) is 13.7. The van der Waals surface area contributed by atoms with Crippen molar-refractivity contribution in [2.45, 2.75) is 55.5 Å². The fourth-order valence-corrected chi connectivity index (χ4v) is 6.77. The van der Waals surface area contributed by atoms with Crippen molar-refractivity contribution in [2.24, 2.45) is 5.92 Å². The fourth-order valence-electron chi connectivity index (χ4n) is 4.27. The van der Waals surface area contributed by atoms with Gasteiger partial charge in [0.05, 0.1) is 34.4 Å². The number of benzene rings is 1. The van der Waals surface area contributed by atoms with Crippen LogP contribution in [0.1, 0.15) is 33.6 Å². The number of rotatable bonds is 6. The molecule has 2 fully saturated rings. The summed E-state index contributed by atoms with van der Waals surface area (Å²) < 4.78 is 34.9. The van der Waals surface area contributed by atoms with Crippen LogP contribution in [0.2, 0.25) is 0 Å². The summed E-state index contributed by atoms with van der Waals surface area (Å²) in [6.45, 7) is 10.1. The van der Waals surface area contributed by atoms with Crippen molar-refractivity contribution in [3.8, 4) is 0 Å². The molecule has 4 rings (SSSR count). The molecule has 0 bridgehead atoms. The van der Waals surface area contributed by atoms with E-state index in [4.69, 9.17) is 9.72 Å². The van der Waals surface area contributed by atoms with Gasteiger partial charge in [-0.2, -0.15) is 4.31 Å². The van der Waals surface area contributed by atoms with Crippen LogP contribution >= 0.6 is 11.8 Å². The van der Waals surface area contributed by atoms with E-state index >= 15 is 0 Å². The van der Waals surface area contributed by atoms with Crippen LogP contribution in [-0.4, -0.2) is 77.7 Å². The first-order chi connectivity index (χ1) is 15.3. The van der Waals surface area contributed by atoms with E-state index in [-0.39, 0.29) is 16.1 Å². The van der Waals surface area contributed by atoms with E-state index in [0.717, 1.165) is 36.6 Å². The van der Waals surface area contributed by atoms with Crippen LogP contribution in [0.15, 0.2) is 28.3 Å². The molecule has 0 unspecified atom stereocenters. The Hall–Kier alpha value is -1.62. The molecule has 2 aromatic rings. The smallest absolute Gasteiger partial charge is 0.243 e. The van der Waals surface area contributed by atoms with Crippen molar-refractivity contribution in [3.05, 3.63) is 18.2 Å². The maximum absolute atomic E-state index is 13.0. The second kappa shape index (κ2) is 9.70. The molecule has 0 aliphatic carbocycles. The van der Waals surface area contributed by atoms with Gasteiger partial charge in [0, 0.05) is 32.7 Å². The predicted octanol–water partition coefficient (Wildman–Crippen LogP) is 2.82. The summed E-state index contributed by atoms with van der Waals surface area (Å²) in [7, 11) is -3.58. The van der Waals surface area contributed by atoms with E-state index in [2.05, 4.69) is 6.92 Å². The molecule has 1 aromatic heterocycles. The summed E-state index contributed by atoms with van der Waals surface area (Å²) in [5.41, 5.74) is 1.51. The van der Waals surface area contributed by atoms with Gasteiger partial charge in [0.15, 0.2) is 5.16 Å². The van der Waals surface area contributed by atoms with E-state index in [9.17, 15) is 13.2 Å². The molecule has 176 valence electrons. The Morgan fingerprint density at radius 1 is 1.22 bits per heavy atom. The van der Waals surface area contributed by atoms with Crippen molar-refractivity contribution in [3.63, 3.8) is 0 Å². The molecule has 0 radical (unpaired) electrons. The van der Waals surface area contributed by atoms with E-state index in [0.29, 0.717) is 44.3 Å². The number of ether oxygens (including phenoxy) is 1. The number of aromatic nitrogens is 2. The van der Waals surface area contributed by atoms with Crippen molar-refractivity contribution in [1.82, 2.24) is 18.8 Å². The number of aryl methyl sites for hydroxylation is 1. The van der Waals surface area contributed by atoms with Crippen LogP contribution in [0.5, 0.6) is 0 Å². The fraction of sp³-hybridized carbons (Fsp3) is 0.636. The molecule has 10 heteroatoms. The minimum atomic E-state index is -3.58. The van der Waals surface area contributed by atoms with Gasteiger partial charge >= 0.3 is 0 Å². The van der Waals surface area contributed by atoms with Gasteiger partial charge in [-0.1, -0.05) is 18.7 Å². The lowest BCUT2D eigenvalue weighted by atomic mass is 9.99. The number of likely N-dealkylation sites (tertiary alicyclic amines) is 1. The number of sulfonamides is 1. The van der Waals surface area contributed by atoms with Gasteiger partial charge in [-0.05, 0) is 50.8 Å². The van der Waals surface area contributed by atoms with E-state index in [1.165, 1.54) is 16.1 Å². The average Bonchev–Trinajstić information content (AvgIpc) is 3.15. The van der Waals surface area contributed by atoms with Gasteiger partial charge in [0.2, 0.25) is 15.9 Å². The normalized spacial score (nSPS) is 20.0. The number of carbonyl (C=O) groups excluding carboxylic acids is 1. The third-order valence-electron chi connectivity index (χ3n) is 6.33. The molecule has 1 amide bonds. The molecular formula is C22H32N4O4S2. The molecule has 3 heterocycles. The summed E-state index contributed by atoms with van der Waals surface area (Å²) in [5.74, 6) is 0.821. The average molecular weight is 481 g/mol. The Kier molecular flexibility index (Phi) is 7.14. The number of fused-ring (bicyclic) bond motifs is 1. The minimum Gasteiger partial charge on any atom is -0.379 e. The summed E-state index contributed by atoms with van der Waals surface area (Å²) in [6, 6.07) is 5.12. The summed E-state index contributed by atoms with van der Waals surface area (Å²) in [4.78, 5) is 19.9. The van der Waals surface area contributed by atoms with Crippen LogP contribution in [0.3, 0.4) is 0 Å².